The molecule has 0 amide bonds. The predicted octanol–water partition coefficient (Wildman–Crippen LogP) is 3.30. The van der Waals surface area contributed by atoms with E-state index in [0.717, 1.165) is 16.7 Å². The molecule has 126 valence electrons. The lowest BCUT2D eigenvalue weighted by atomic mass is 10.1. The highest BCUT2D eigenvalue weighted by molar-refractivity contribution is 5.89. The molecule has 0 aliphatic heterocycles. The van der Waals surface area contributed by atoms with Gasteiger partial charge in [0.05, 0.1) is 0 Å². The van der Waals surface area contributed by atoms with Crippen molar-refractivity contribution in [3.05, 3.63) is 77.4 Å². The first-order chi connectivity index (χ1) is 12.1. The first-order valence-corrected chi connectivity index (χ1v) is 7.75. The number of carbonyl (C=O) groups is 2. The molecule has 2 rings (SSSR count). The van der Waals surface area contributed by atoms with Crippen LogP contribution in [0.3, 0.4) is 0 Å². The summed E-state index contributed by atoms with van der Waals surface area (Å²) in [5.74, 6) is 3.56. The molecule has 2 aromatic carbocycles. The van der Waals surface area contributed by atoms with E-state index >= 15 is 0 Å². The summed E-state index contributed by atoms with van der Waals surface area (Å²) in [7, 11) is 0. The third-order valence-corrected chi connectivity index (χ3v) is 3.28. The second-order valence-electron chi connectivity index (χ2n) is 5.16. The Labute approximate surface area is 147 Å². The van der Waals surface area contributed by atoms with Gasteiger partial charge in [0, 0.05) is 12.0 Å². The number of esters is 2. The van der Waals surface area contributed by atoms with Gasteiger partial charge in [0.2, 0.25) is 0 Å². The van der Waals surface area contributed by atoms with Crippen LogP contribution >= 0.6 is 0 Å². The fourth-order valence-electron chi connectivity index (χ4n) is 1.95. The highest BCUT2D eigenvalue weighted by atomic mass is 16.5. The van der Waals surface area contributed by atoms with Crippen LogP contribution in [0.5, 0.6) is 0 Å². The van der Waals surface area contributed by atoms with Crippen LogP contribution in [0.15, 0.2) is 60.7 Å². The van der Waals surface area contributed by atoms with E-state index < -0.39 is 11.9 Å². The fraction of sp³-hybridized carbons (Fsp3) is 0.143. The maximum absolute atomic E-state index is 11.6. The van der Waals surface area contributed by atoms with E-state index in [1.54, 1.807) is 6.08 Å². The van der Waals surface area contributed by atoms with E-state index in [2.05, 4.69) is 11.8 Å². The molecule has 0 atom stereocenters. The van der Waals surface area contributed by atoms with Crippen molar-refractivity contribution in [1.82, 2.24) is 0 Å². The van der Waals surface area contributed by atoms with Crippen molar-refractivity contribution in [2.75, 3.05) is 6.61 Å². The maximum Gasteiger partial charge on any atom is 0.384 e. The first-order valence-electron chi connectivity index (χ1n) is 7.75. The highest BCUT2D eigenvalue weighted by Crippen LogP contribution is 2.08. The minimum Gasteiger partial charge on any atom is -0.451 e. The van der Waals surface area contributed by atoms with Crippen LogP contribution in [0.2, 0.25) is 0 Å². The van der Waals surface area contributed by atoms with Crippen molar-refractivity contribution < 1.29 is 19.1 Å². The third-order valence-electron chi connectivity index (χ3n) is 3.28. The molecular weight excluding hydrogens is 316 g/mol. The molecule has 0 saturated carbocycles. The minimum atomic E-state index is -0.657. The van der Waals surface area contributed by atoms with Crippen molar-refractivity contribution >= 4 is 18.0 Å². The van der Waals surface area contributed by atoms with Gasteiger partial charge in [-0.15, -0.1) is 0 Å². The Morgan fingerprint density at radius 2 is 1.72 bits per heavy atom. The van der Waals surface area contributed by atoms with Gasteiger partial charge in [-0.05, 0) is 35.6 Å². The van der Waals surface area contributed by atoms with Gasteiger partial charge in [0.25, 0.3) is 0 Å². The van der Waals surface area contributed by atoms with Crippen molar-refractivity contribution in [2.45, 2.75) is 13.5 Å². The average molecular weight is 334 g/mol. The summed E-state index contributed by atoms with van der Waals surface area (Å²) in [6, 6.07) is 17.0. The molecule has 0 aliphatic carbocycles. The smallest absolute Gasteiger partial charge is 0.384 e. The van der Waals surface area contributed by atoms with Crippen LogP contribution in [0.4, 0.5) is 0 Å². The zero-order valence-corrected chi connectivity index (χ0v) is 13.9. The summed E-state index contributed by atoms with van der Waals surface area (Å²) in [5.41, 5.74) is 2.88. The van der Waals surface area contributed by atoms with E-state index in [1.165, 1.54) is 6.08 Å². The Balaban J connectivity index is 1.71. The zero-order chi connectivity index (χ0) is 17.9. The Morgan fingerprint density at radius 3 is 2.48 bits per heavy atom. The number of hydrogen-bond donors (Lipinski definition) is 0. The van der Waals surface area contributed by atoms with Crippen molar-refractivity contribution in [2.24, 2.45) is 0 Å². The van der Waals surface area contributed by atoms with Gasteiger partial charge >= 0.3 is 11.9 Å². The van der Waals surface area contributed by atoms with Gasteiger partial charge in [0.15, 0.2) is 6.61 Å². The molecule has 0 N–H and O–H groups in total. The van der Waals surface area contributed by atoms with E-state index in [4.69, 9.17) is 9.47 Å². The molecule has 0 saturated heterocycles. The summed E-state index contributed by atoms with van der Waals surface area (Å²) in [6.45, 7) is 1.95. The molecular formula is C21H18O4. The molecule has 0 fully saturated rings. The summed E-state index contributed by atoms with van der Waals surface area (Å²) >= 11 is 0. The Kier molecular flexibility index (Phi) is 7.02. The number of ether oxygens (including phenoxy) is 2. The van der Waals surface area contributed by atoms with Gasteiger partial charge in [-0.25, -0.2) is 9.59 Å². The van der Waals surface area contributed by atoms with Crippen molar-refractivity contribution in [3.8, 4) is 11.8 Å². The average Bonchev–Trinajstić information content (AvgIpc) is 2.64. The molecule has 0 unspecified atom stereocenters. The van der Waals surface area contributed by atoms with Gasteiger partial charge in [-0.1, -0.05) is 54.6 Å². The molecule has 0 spiro atoms. The lowest BCUT2D eigenvalue weighted by Gasteiger charge is -2.00. The first kappa shape index (κ1) is 18.0. The standard InChI is InChI=1S/C21H18O4/c1-17-8-5-6-11-19(17)13-14-21(23)24-15-7-12-20(22)25-16-18-9-3-2-4-10-18/h2-6,8-11,13-14H,15-16H2,1H3/b14-13+. The number of rotatable bonds is 5. The maximum atomic E-state index is 11.6. The zero-order valence-electron chi connectivity index (χ0n) is 13.9. The summed E-state index contributed by atoms with van der Waals surface area (Å²) in [5, 5.41) is 0. The molecule has 25 heavy (non-hydrogen) atoms. The fourth-order valence-corrected chi connectivity index (χ4v) is 1.95. The molecule has 2 aromatic rings. The lowest BCUT2D eigenvalue weighted by molar-refractivity contribution is -0.138. The molecule has 0 bridgehead atoms. The van der Waals surface area contributed by atoms with Gasteiger partial charge in [0.1, 0.15) is 6.61 Å². The van der Waals surface area contributed by atoms with Crippen LogP contribution in [0.1, 0.15) is 16.7 Å². The van der Waals surface area contributed by atoms with E-state index in [1.807, 2.05) is 61.5 Å². The van der Waals surface area contributed by atoms with Crippen LogP contribution in [-0.2, 0) is 25.7 Å². The number of aryl methyl sites for hydroxylation is 1. The third kappa shape index (κ3) is 6.76. The Bertz CT molecular complexity index is 811. The topological polar surface area (TPSA) is 52.6 Å². The number of carbonyl (C=O) groups excluding carboxylic acids is 2. The quantitative estimate of drug-likeness (QED) is 0.364. The van der Waals surface area contributed by atoms with Crippen LogP contribution in [0.25, 0.3) is 6.08 Å². The minimum absolute atomic E-state index is 0.160. The van der Waals surface area contributed by atoms with Gasteiger partial charge < -0.3 is 9.47 Å². The number of benzene rings is 2. The lowest BCUT2D eigenvalue weighted by Crippen LogP contribution is -2.03. The molecule has 0 radical (unpaired) electrons. The Morgan fingerprint density at radius 1 is 1.00 bits per heavy atom. The number of hydrogen-bond acceptors (Lipinski definition) is 4. The van der Waals surface area contributed by atoms with Crippen LogP contribution in [0, 0.1) is 18.8 Å². The largest absolute Gasteiger partial charge is 0.451 e. The predicted molar refractivity (Wildman–Crippen MR) is 95.2 cm³/mol. The molecule has 4 nitrogen and oxygen atoms in total. The Hall–Kier alpha value is -3.32. The normalized spacial score (nSPS) is 9.96. The van der Waals surface area contributed by atoms with Crippen molar-refractivity contribution in [3.63, 3.8) is 0 Å². The monoisotopic (exact) mass is 334 g/mol. The van der Waals surface area contributed by atoms with Gasteiger partial charge in [-0.2, -0.15) is 0 Å². The van der Waals surface area contributed by atoms with E-state index in [-0.39, 0.29) is 13.2 Å². The van der Waals surface area contributed by atoms with Crippen LogP contribution < -0.4 is 0 Å². The molecule has 0 aromatic heterocycles. The second kappa shape index (κ2) is 9.74. The van der Waals surface area contributed by atoms with Crippen LogP contribution in [-0.4, -0.2) is 18.5 Å². The SMILES string of the molecule is Cc1ccccc1/C=C/C(=O)OCC#CC(=O)OCc1ccccc1. The summed E-state index contributed by atoms with van der Waals surface area (Å²) < 4.78 is 9.90. The molecule has 4 heteroatoms. The molecule has 0 aliphatic rings. The van der Waals surface area contributed by atoms with Crippen molar-refractivity contribution in [1.29, 1.82) is 0 Å². The molecule has 0 heterocycles. The highest BCUT2D eigenvalue weighted by Gasteiger charge is 1.99. The summed E-state index contributed by atoms with van der Waals surface area (Å²) in [4.78, 5) is 23.0. The van der Waals surface area contributed by atoms with Gasteiger partial charge in [-0.3, -0.25) is 0 Å². The summed E-state index contributed by atoms with van der Waals surface area (Å²) in [6.07, 6.45) is 3.01. The van der Waals surface area contributed by atoms with E-state index in [0.29, 0.717) is 0 Å². The second-order valence-corrected chi connectivity index (χ2v) is 5.16. The van der Waals surface area contributed by atoms with E-state index in [9.17, 15) is 9.59 Å².